The minimum atomic E-state index is -3.68. The topological polar surface area (TPSA) is 72.6 Å². The highest BCUT2D eigenvalue weighted by Gasteiger charge is 2.39. The van der Waals surface area contributed by atoms with Crippen molar-refractivity contribution in [1.82, 2.24) is 4.31 Å². The van der Waals surface area contributed by atoms with Gasteiger partial charge in [-0.2, -0.15) is 4.31 Å². The number of nitrogens with zero attached hydrogens (tertiary/aromatic N) is 1. The van der Waals surface area contributed by atoms with Crippen LogP contribution in [0, 0.1) is 11.3 Å². The van der Waals surface area contributed by atoms with Gasteiger partial charge in [0.25, 0.3) is 0 Å². The van der Waals surface area contributed by atoms with Gasteiger partial charge in [-0.1, -0.05) is 38.3 Å². The van der Waals surface area contributed by atoms with Crippen LogP contribution < -0.4 is 10.5 Å². The lowest BCUT2D eigenvalue weighted by molar-refractivity contribution is 0.155. The number of sulfonamides is 1. The van der Waals surface area contributed by atoms with Crippen molar-refractivity contribution in [3.8, 4) is 5.75 Å². The molecule has 0 bridgehead atoms. The molecule has 1 heterocycles. The molecule has 3 rings (SSSR count). The summed E-state index contributed by atoms with van der Waals surface area (Å²) >= 11 is 6.08. The van der Waals surface area contributed by atoms with Gasteiger partial charge in [-0.05, 0) is 42.4 Å². The molecule has 2 fully saturated rings. The molecule has 2 N–H and O–H groups in total. The summed E-state index contributed by atoms with van der Waals surface area (Å²) in [6, 6.07) is 4.81. The van der Waals surface area contributed by atoms with E-state index in [2.05, 4.69) is 0 Å². The first-order chi connectivity index (χ1) is 11.7. The summed E-state index contributed by atoms with van der Waals surface area (Å²) < 4.78 is 33.7. The van der Waals surface area contributed by atoms with Gasteiger partial charge in [-0.3, -0.25) is 0 Å². The van der Waals surface area contributed by atoms with Crippen LogP contribution in [0.25, 0.3) is 0 Å². The average Bonchev–Trinajstić information content (AvgIpc) is 3.35. The van der Waals surface area contributed by atoms with Crippen LogP contribution in [0.15, 0.2) is 23.1 Å². The molecule has 1 aromatic rings. The molecule has 1 unspecified atom stereocenters. The van der Waals surface area contributed by atoms with Crippen LogP contribution in [0.4, 0.5) is 0 Å². The molecule has 5 nitrogen and oxygen atoms in total. The molecule has 0 spiro atoms. The first kappa shape index (κ1) is 19.0. The summed E-state index contributed by atoms with van der Waals surface area (Å²) in [6.45, 7) is 5.35. The second kappa shape index (κ2) is 7.06. The highest BCUT2D eigenvalue weighted by molar-refractivity contribution is 7.89. The lowest BCUT2D eigenvalue weighted by Gasteiger charge is -2.41. The molecule has 0 amide bonds. The predicted molar refractivity (Wildman–Crippen MR) is 99.4 cm³/mol. The van der Waals surface area contributed by atoms with Crippen LogP contribution in [-0.4, -0.2) is 38.5 Å². The maximum absolute atomic E-state index is 13.2. The van der Waals surface area contributed by atoms with Crippen molar-refractivity contribution in [2.75, 3.05) is 19.7 Å². The Kier molecular flexibility index (Phi) is 5.36. The highest BCUT2D eigenvalue weighted by atomic mass is 35.5. The van der Waals surface area contributed by atoms with E-state index in [-0.39, 0.29) is 16.4 Å². The van der Waals surface area contributed by atoms with E-state index >= 15 is 0 Å². The maximum atomic E-state index is 13.2. The second-order valence-electron chi connectivity index (χ2n) is 7.89. The molecule has 7 heteroatoms. The van der Waals surface area contributed by atoms with Crippen molar-refractivity contribution >= 4 is 21.6 Å². The second-order valence-corrected chi connectivity index (χ2v) is 10.2. The summed E-state index contributed by atoms with van der Waals surface area (Å²) in [5.74, 6) is 1.12. The molecule has 140 valence electrons. The molecule has 1 saturated carbocycles. The van der Waals surface area contributed by atoms with Crippen LogP contribution >= 0.6 is 11.6 Å². The molecule has 0 radical (unpaired) electrons. The fourth-order valence-corrected chi connectivity index (χ4v) is 5.23. The van der Waals surface area contributed by atoms with Gasteiger partial charge in [0.05, 0.1) is 6.61 Å². The Balaban J connectivity index is 1.83. The zero-order chi connectivity index (χ0) is 18.2. The number of benzene rings is 1. The predicted octanol–water partition coefficient (Wildman–Crippen LogP) is 3.27. The van der Waals surface area contributed by atoms with E-state index < -0.39 is 10.0 Å². The third-order valence-corrected chi connectivity index (χ3v) is 7.38. The van der Waals surface area contributed by atoms with Gasteiger partial charge in [-0.25, -0.2) is 8.42 Å². The molecule has 0 aromatic heterocycles. The minimum absolute atomic E-state index is 0.00688. The summed E-state index contributed by atoms with van der Waals surface area (Å²) in [4.78, 5) is 0.155. The molecular weight excluding hydrogens is 360 g/mol. The number of piperidine rings is 1. The van der Waals surface area contributed by atoms with Crippen molar-refractivity contribution in [3.63, 3.8) is 0 Å². The standard InChI is InChI=1S/C18H27ClN2O3S/c1-18(2)12-21(9-7-17(18)20)25(22,23)16-11-14(19)5-6-15(16)24-10-8-13-3-4-13/h5-6,11,13,17H,3-4,7-10,12,20H2,1-2H3. The van der Waals surface area contributed by atoms with Crippen molar-refractivity contribution in [2.45, 2.75) is 50.5 Å². The van der Waals surface area contributed by atoms with Gasteiger partial charge >= 0.3 is 0 Å². The molecule has 1 saturated heterocycles. The van der Waals surface area contributed by atoms with Gasteiger partial charge in [0, 0.05) is 24.2 Å². The molecule has 25 heavy (non-hydrogen) atoms. The van der Waals surface area contributed by atoms with E-state index in [1.165, 1.54) is 23.2 Å². The Bertz CT molecular complexity index is 732. The summed E-state index contributed by atoms with van der Waals surface area (Å²) in [7, 11) is -3.68. The lowest BCUT2D eigenvalue weighted by Crippen LogP contribution is -2.53. The number of ether oxygens (including phenoxy) is 1. The van der Waals surface area contributed by atoms with E-state index in [1.54, 1.807) is 12.1 Å². The van der Waals surface area contributed by atoms with E-state index in [4.69, 9.17) is 22.1 Å². The number of hydrogen-bond acceptors (Lipinski definition) is 4. The van der Waals surface area contributed by atoms with Crippen LogP contribution in [0.3, 0.4) is 0 Å². The molecule has 1 aliphatic heterocycles. The van der Waals surface area contributed by atoms with Crippen molar-refractivity contribution < 1.29 is 13.2 Å². The number of nitrogens with two attached hydrogens (primary N) is 1. The third kappa shape index (κ3) is 4.30. The summed E-state index contributed by atoms with van der Waals surface area (Å²) in [6.07, 6.45) is 4.11. The molecule has 1 atom stereocenters. The zero-order valence-corrected chi connectivity index (χ0v) is 16.4. The first-order valence-electron chi connectivity index (χ1n) is 8.88. The molecule has 1 aliphatic carbocycles. The first-order valence-corrected chi connectivity index (χ1v) is 10.7. The van der Waals surface area contributed by atoms with E-state index in [1.807, 2.05) is 13.8 Å². The summed E-state index contributed by atoms with van der Waals surface area (Å²) in [5, 5.41) is 0.390. The Morgan fingerprint density at radius 3 is 2.68 bits per heavy atom. The molecule has 1 aromatic carbocycles. The van der Waals surface area contributed by atoms with Crippen LogP contribution in [0.2, 0.25) is 5.02 Å². The summed E-state index contributed by atoms with van der Waals surface area (Å²) in [5.41, 5.74) is 5.88. The lowest BCUT2D eigenvalue weighted by atomic mass is 9.81. The SMILES string of the molecule is CC1(C)CN(S(=O)(=O)c2cc(Cl)ccc2OCCC2CC2)CCC1N. The van der Waals surface area contributed by atoms with Gasteiger partial charge < -0.3 is 10.5 Å². The third-order valence-electron chi connectivity index (χ3n) is 5.28. The number of halogens is 1. The average molecular weight is 387 g/mol. The van der Waals surface area contributed by atoms with Crippen molar-refractivity contribution in [1.29, 1.82) is 0 Å². The number of rotatable bonds is 6. The Morgan fingerprint density at radius 1 is 1.32 bits per heavy atom. The quantitative estimate of drug-likeness (QED) is 0.814. The van der Waals surface area contributed by atoms with E-state index in [0.717, 1.165) is 12.3 Å². The fraction of sp³-hybridized carbons (Fsp3) is 0.667. The van der Waals surface area contributed by atoms with Crippen LogP contribution in [-0.2, 0) is 10.0 Å². The van der Waals surface area contributed by atoms with Gasteiger partial charge in [0.15, 0.2) is 0 Å². The van der Waals surface area contributed by atoms with Crippen molar-refractivity contribution in [3.05, 3.63) is 23.2 Å². The number of hydrogen-bond donors (Lipinski definition) is 1. The van der Waals surface area contributed by atoms with E-state index in [0.29, 0.717) is 36.9 Å². The minimum Gasteiger partial charge on any atom is -0.492 e. The van der Waals surface area contributed by atoms with Gasteiger partial charge in [0.2, 0.25) is 10.0 Å². The Hall–Kier alpha value is -0.820. The Labute approximate surface area is 155 Å². The largest absolute Gasteiger partial charge is 0.492 e. The van der Waals surface area contributed by atoms with Gasteiger partial charge in [0.1, 0.15) is 10.6 Å². The Morgan fingerprint density at radius 2 is 2.04 bits per heavy atom. The maximum Gasteiger partial charge on any atom is 0.246 e. The van der Waals surface area contributed by atoms with Crippen LogP contribution in [0.1, 0.15) is 39.5 Å². The molecular formula is C18H27ClN2O3S. The smallest absolute Gasteiger partial charge is 0.246 e. The van der Waals surface area contributed by atoms with Gasteiger partial charge in [-0.15, -0.1) is 0 Å². The fourth-order valence-electron chi connectivity index (χ4n) is 3.21. The molecule has 2 aliphatic rings. The van der Waals surface area contributed by atoms with Crippen LogP contribution in [0.5, 0.6) is 5.75 Å². The monoisotopic (exact) mass is 386 g/mol. The normalized spacial score (nSPS) is 24.2. The van der Waals surface area contributed by atoms with E-state index in [9.17, 15) is 8.42 Å². The highest BCUT2D eigenvalue weighted by Crippen LogP contribution is 2.36. The zero-order valence-electron chi connectivity index (χ0n) is 14.9. The van der Waals surface area contributed by atoms with Crippen molar-refractivity contribution in [2.24, 2.45) is 17.1 Å².